The molecule has 2 aromatic rings. The Morgan fingerprint density at radius 2 is 1.76 bits per heavy atom. The Morgan fingerprint density at radius 3 is 2.45 bits per heavy atom. The number of carbonyl (C=O) groups is 1. The highest BCUT2D eigenvalue weighted by molar-refractivity contribution is 5.94. The highest BCUT2D eigenvalue weighted by atomic mass is 16.6. The van der Waals surface area contributed by atoms with Crippen LogP contribution in [-0.2, 0) is 4.74 Å². The van der Waals surface area contributed by atoms with Gasteiger partial charge in [0, 0.05) is 49.6 Å². The summed E-state index contributed by atoms with van der Waals surface area (Å²) < 4.78 is 10.9. The van der Waals surface area contributed by atoms with Crippen molar-refractivity contribution in [2.75, 3.05) is 38.2 Å². The fourth-order valence-corrected chi connectivity index (χ4v) is 4.50. The van der Waals surface area contributed by atoms with Gasteiger partial charge >= 0.3 is 6.09 Å². The van der Waals surface area contributed by atoms with Crippen LogP contribution in [0.3, 0.4) is 0 Å². The molecule has 2 fully saturated rings. The van der Waals surface area contributed by atoms with Gasteiger partial charge in [-0.1, -0.05) is 0 Å². The van der Waals surface area contributed by atoms with E-state index in [4.69, 9.17) is 9.47 Å². The lowest BCUT2D eigenvalue weighted by Gasteiger charge is -2.39. The summed E-state index contributed by atoms with van der Waals surface area (Å²) in [6, 6.07) is 4.09. The van der Waals surface area contributed by atoms with E-state index in [9.17, 15) is 4.79 Å². The molecule has 0 unspecified atom stereocenters. The molecule has 7 nitrogen and oxygen atoms in total. The summed E-state index contributed by atoms with van der Waals surface area (Å²) in [5.74, 6) is 0.559. The largest absolute Gasteiger partial charge is 0.479 e. The van der Waals surface area contributed by atoms with Gasteiger partial charge in [-0.15, -0.1) is 0 Å². The third kappa shape index (κ3) is 3.95. The minimum atomic E-state index is -0.450. The fraction of sp³-hybridized carbons (Fsp3) is 0.591. The van der Waals surface area contributed by atoms with Crippen molar-refractivity contribution >= 4 is 22.7 Å². The molecule has 0 saturated carbocycles. The summed E-state index contributed by atoms with van der Waals surface area (Å²) in [5.41, 5.74) is 1.79. The predicted molar refractivity (Wildman–Crippen MR) is 112 cm³/mol. The van der Waals surface area contributed by atoms with E-state index in [0.29, 0.717) is 5.88 Å². The van der Waals surface area contributed by atoms with Crippen molar-refractivity contribution in [3.63, 3.8) is 0 Å². The van der Waals surface area contributed by atoms with Crippen LogP contribution in [0.5, 0.6) is 5.88 Å². The van der Waals surface area contributed by atoms with Crippen LogP contribution in [0.4, 0.5) is 10.5 Å². The average molecular weight is 399 g/mol. The first-order valence-corrected chi connectivity index (χ1v) is 10.3. The lowest BCUT2D eigenvalue weighted by atomic mass is 9.78. The van der Waals surface area contributed by atoms with Crippen LogP contribution >= 0.6 is 0 Å². The van der Waals surface area contributed by atoms with E-state index in [1.54, 1.807) is 13.3 Å². The number of aromatic nitrogens is 2. The van der Waals surface area contributed by atoms with Crippen LogP contribution in [0.1, 0.15) is 40.0 Å². The van der Waals surface area contributed by atoms with Crippen molar-refractivity contribution in [3.05, 3.63) is 24.5 Å². The molecule has 29 heavy (non-hydrogen) atoms. The molecule has 4 rings (SSSR count). The standard InChI is InChI=1S/C22H30N4O3/c1-21(2,3)29-20(27)25-12-7-22(8-13-25)9-14-26(15-22)17-6-11-23-18-16(17)5-10-24-19(18)28-4/h5-6,10-11H,7-9,12-15H2,1-4H3. The van der Waals surface area contributed by atoms with E-state index < -0.39 is 5.60 Å². The molecule has 0 radical (unpaired) electrons. The second kappa shape index (κ2) is 7.35. The zero-order chi connectivity index (χ0) is 20.6. The fourth-order valence-electron chi connectivity index (χ4n) is 4.50. The summed E-state index contributed by atoms with van der Waals surface area (Å²) in [7, 11) is 1.62. The number of fused-ring (bicyclic) bond motifs is 1. The molecule has 2 aliphatic heterocycles. The second-order valence-electron chi connectivity index (χ2n) is 9.19. The SMILES string of the molecule is COc1nccc2c(N3CCC4(CCN(C(=O)OC(C)(C)C)CC4)C3)ccnc12. The number of likely N-dealkylation sites (tertiary alicyclic amines) is 1. The van der Waals surface area contributed by atoms with Crippen LogP contribution < -0.4 is 9.64 Å². The first kappa shape index (κ1) is 19.7. The van der Waals surface area contributed by atoms with Gasteiger partial charge in [0.25, 0.3) is 0 Å². The quantitative estimate of drug-likeness (QED) is 0.765. The number of nitrogens with zero attached hydrogens (tertiary/aromatic N) is 4. The number of pyridine rings is 2. The van der Waals surface area contributed by atoms with Gasteiger partial charge in [-0.05, 0) is 57.6 Å². The topological polar surface area (TPSA) is 67.8 Å². The van der Waals surface area contributed by atoms with Gasteiger partial charge in [0.2, 0.25) is 5.88 Å². The maximum absolute atomic E-state index is 12.4. The zero-order valence-corrected chi connectivity index (χ0v) is 17.8. The molecule has 4 heterocycles. The Hall–Kier alpha value is -2.57. The summed E-state index contributed by atoms with van der Waals surface area (Å²) in [4.78, 5) is 25.4. The van der Waals surface area contributed by atoms with E-state index in [1.165, 1.54) is 5.69 Å². The van der Waals surface area contributed by atoms with Crippen molar-refractivity contribution in [1.29, 1.82) is 0 Å². The van der Waals surface area contributed by atoms with Crippen molar-refractivity contribution < 1.29 is 14.3 Å². The molecular weight excluding hydrogens is 368 g/mol. The smallest absolute Gasteiger partial charge is 0.410 e. The molecule has 1 spiro atoms. The molecule has 2 saturated heterocycles. The predicted octanol–water partition coefficient (Wildman–Crippen LogP) is 3.87. The number of methoxy groups -OCH3 is 1. The number of ether oxygens (including phenoxy) is 2. The van der Waals surface area contributed by atoms with E-state index in [2.05, 4.69) is 20.9 Å². The van der Waals surface area contributed by atoms with Gasteiger partial charge in [0.05, 0.1) is 7.11 Å². The number of piperidine rings is 1. The van der Waals surface area contributed by atoms with Gasteiger partial charge in [-0.3, -0.25) is 4.98 Å². The summed E-state index contributed by atoms with van der Waals surface area (Å²) in [6.45, 7) is 9.27. The Kier molecular flexibility index (Phi) is 5.00. The van der Waals surface area contributed by atoms with Crippen LogP contribution in [-0.4, -0.2) is 59.9 Å². The lowest BCUT2D eigenvalue weighted by molar-refractivity contribution is 0.0122. The highest BCUT2D eigenvalue weighted by Crippen LogP contribution is 2.43. The number of amides is 1. The van der Waals surface area contributed by atoms with Crippen LogP contribution in [0.15, 0.2) is 24.5 Å². The average Bonchev–Trinajstić information content (AvgIpc) is 3.09. The molecule has 0 aromatic carbocycles. The van der Waals surface area contributed by atoms with Gasteiger partial charge in [-0.2, -0.15) is 0 Å². The van der Waals surface area contributed by atoms with Crippen molar-refractivity contribution in [2.45, 2.75) is 45.6 Å². The van der Waals surface area contributed by atoms with E-state index in [0.717, 1.165) is 56.3 Å². The Morgan fingerprint density at radius 1 is 1.07 bits per heavy atom. The third-order valence-electron chi connectivity index (χ3n) is 6.05. The van der Waals surface area contributed by atoms with Gasteiger partial charge in [0.15, 0.2) is 0 Å². The zero-order valence-electron chi connectivity index (χ0n) is 17.8. The number of anilines is 1. The molecular formula is C22H30N4O3. The Bertz CT molecular complexity index is 901. The minimum Gasteiger partial charge on any atom is -0.479 e. The van der Waals surface area contributed by atoms with E-state index in [1.807, 2.05) is 37.9 Å². The molecule has 0 aliphatic carbocycles. The number of carbonyl (C=O) groups excluding carboxylic acids is 1. The normalized spacial score (nSPS) is 19.0. The summed E-state index contributed by atoms with van der Waals surface area (Å²) in [5, 5.41) is 1.07. The first-order chi connectivity index (χ1) is 13.8. The van der Waals surface area contributed by atoms with Gasteiger partial charge < -0.3 is 19.3 Å². The van der Waals surface area contributed by atoms with Crippen molar-refractivity contribution in [3.8, 4) is 5.88 Å². The molecule has 2 aromatic heterocycles. The molecule has 156 valence electrons. The first-order valence-electron chi connectivity index (χ1n) is 10.3. The highest BCUT2D eigenvalue weighted by Gasteiger charge is 2.42. The van der Waals surface area contributed by atoms with Gasteiger partial charge in [0.1, 0.15) is 11.1 Å². The third-order valence-corrected chi connectivity index (χ3v) is 6.05. The number of hydrogen-bond donors (Lipinski definition) is 0. The number of rotatable bonds is 2. The minimum absolute atomic E-state index is 0.193. The summed E-state index contributed by atoms with van der Waals surface area (Å²) in [6.07, 6.45) is 6.58. The van der Waals surface area contributed by atoms with Crippen LogP contribution in [0.25, 0.3) is 10.9 Å². The molecule has 1 amide bonds. The monoisotopic (exact) mass is 398 g/mol. The van der Waals surface area contributed by atoms with E-state index >= 15 is 0 Å². The summed E-state index contributed by atoms with van der Waals surface area (Å²) >= 11 is 0. The number of hydrogen-bond acceptors (Lipinski definition) is 6. The lowest BCUT2D eigenvalue weighted by Crippen LogP contribution is -2.46. The molecule has 2 aliphatic rings. The van der Waals surface area contributed by atoms with E-state index in [-0.39, 0.29) is 11.5 Å². The maximum atomic E-state index is 12.4. The molecule has 0 atom stereocenters. The molecule has 0 bridgehead atoms. The van der Waals surface area contributed by atoms with Crippen molar-refractivity contribution in [2.24, 2.45) is 5.41 Å². The van der Waals surface area contributed by atoms with Gasteiger partial charge in [-0.25, -0.2) is 9.78 Å². The Labute approximate surface area is 172 Å². The van der Waals surface area contributed by atoms with Crippen LogP contribution in [0.2, 0.25) is 0 Å². The maximum Gasteiger partial charge on any atom is 0.410 e. The van der Waals surface area contributed by atoms with Crippen LogP contribution in [0, 0.1) is 5.41 Å². The second-order valence-corrected chi connectivity index (χ2v) is 9.19. The molecule has 0 N–H and O–H groups in total. The van der Waals surface area contributed by atoms with Crippen molar-refractivity contribution in [1.82, 2.24) is 14.9 Å². The Balaban J connectivity index is 1.47. The molecule has 7 heteroatoms.